The Hall–Kier alpha value is -1.10. The van der Waals surface area contributed by atoms with E-state index in [4.69, 9.17) is 10.5 Å². The van der Waals surface area contributed by atoms with E-state index in [1.54, 1.807) is 0 Å². The van der Waals surface area contributed by atoms with Crippen molar-refractivity contribution in [1.82, 2.24) is 5.32 Å². The van der Waals surface area contributed by atoms with Crippen molar-refractivity contribution in [3.8, 4) is 0 Å². The van der Waals surface area contributed by atoms with Gasteiger partial charge in [-0.2, -0.15) is 0 Å². The number of ether oxygens (including phenoxy) is 1. The van der Waals surface area contributed by atoms with E-state index in [0.717, 1.165) is 25.9 Å². The molecule has 5 heteroatoms. The topological polar surface area (TPSA) is 64.4 Å². The van der Waals surface area contributed by atoms with E-state index in [1.165, 1.54) is 11.1 Å². The molecule has 3 unspecified atom stereocenters. The normalized spacial score (nSPS) is 30.5. The van der Waals surface area contributed by atoms with E-state index < -0.39 is 5.54 Å². The average molecular weight is 353 g/mol. The summed E-state index contributed by atoms with van der Waals surface area (Å²) < 4.78 is 5.88. The summed E-state index contributed by atoms with van der Waals surface area (Å²) >= 11 is 0. The number of carbonyl (C=O) groups is 1. The molecule has 1 aliphatic heterocycles. The molecule has 1 heterocycles. The molecule has 1 saturated carbocycles. The Bertz CT molecular complexity index is 605. The minimum absolute atomic E-state index is 0. The number of hydrogen-bond donors (Lipinski definition) is 2. The zero-order chi connectivity index (χ0) is 16.7. The largest absolute Gasteiger partial charge is 0.377 e. The van der Waals surface area contributed by atoms with Crippen LogP contribution in [0.5, 0.6) is 0 Å². The van der Waals surface area contributed by atoms with Crippen molar-refractivity contribution in [3.05, 3.63) is 35.4 Å². The van der Waals surface area contributed by atoms with Gasteiger partial charge in [0, 0.05) is 24.5 Å². The number of rotatable bonds is 4. The number of carbonyl (C=O) groups excluding carboxylic acids is 1. The highest BCUT2D eigenvalue weighted by atomic mass is 35.5. The lowest BCUT2D eigenvalue weighted by atomic mass is 9.46. The van der Waals surface area contributed by atoms with Gasteiger partial charge in [-0.15, -0.1) is 12.4 Å². The fourth-order valence-electron chi connectivity index (χ4n) is 4.43. The Kier molecular flexibility index (Phi) is 5.63. The number of aryl methyl sites for hydroxylation is 1. The number of amides is 1. The monoisotopic (exact) mass is 352 g/mol. The van der Waals surface area contributed by atoms with Crippen molar-refractivity contribution in [2.45, 2.75) is 58.2 Å². The summed E-state index contributed by atoms with van der Waals surface area (Å²) in [5.74, 6) is 0.0906. The van der Waals surface area contributed by atoms with Crippen LogP contribution in [-0.4, -0.2) is 24.2 Å². The van der Waals surface area contributed by atoms with Crippen LogP contribution in [0, 0.1) is 11.3 Å². The van der Waals surface area contributed by atoms with Crippen LogP contribution in [0.25, 0.3) is 0 Å². The molecule has 0 aromatic heterocycles. The molecular weight excluding hydrogens is 324 g/mol. The van der Waals surface area contributed by atoms with Crippen LogP contribution in [0.15, 0.2) is 24.3 Å². The highest BCUT2D eigenvalue weighted by molar-refractivity contribution is 5.89. The molecule has 1 amide bonds. The van der Waals surface area contributed by atoms with Crippen LogP contribution in [0.4, 0.5) is 0 Å². The van der Waals surface area contributed by atoms with Crippen LogP contribution in [0.3, 0.4) is 0 Å². The van der Waals surface area contributed by atoms with E-state index in [9.17, 15) is 4.79 Å². The molecule has 4 nitrogen and oxygen atoms in total. The molecule has 0 radical (unpaired) electrons. The molecule has 1 saturated heterocycles. The van der Waals surface area contributed by atoms with Crippen LogP contribution >= 0.6 is 12.4 Å². The SMILES string of the molecule is CCc1ccccc1CNC(=O)C1(N)C2CCCOC2C1(C)C.Cl. The first-order valence-corrected chi connectivity index (χ1v) is 8.68. The minimum atomic E-state index is -0.834. The van der Waals surface area contributed by atoms with E-state index in [1.807, 2.05) is 12.1 Å². The molecular formula is C19H29ClN2O2. The van der Waals surface area contributed by atoms with Gasteiger partial charge in [-0.05, 0) is 30.4 Å². The number of nitrogens with two attached hydrogens (primary N) is 1. The summed E-state index contributed by atoms with van der Waals surface area (Å²) in [6.45, 7) is 7.56. The van der Waals surface area contributed by atoms with Gasteiger partial charge >= 0.3 is 0 Å². The Morgan fingerprint density at radius 1 is 1.33 bits per heavy atom. The first-order chi connectivity index (χ1) is 10.9. The number of benzene rings is 1. The van der Waals surface area contributed by atoms with Gasteiger partial charge in [0.05, 0.1) is 6.10 Å². The summed E-state index contributed by atoms with van der Waals surface area (Å²) in [6, 6.07) is 8.23. The van der Waals surface area contributed by atoms with Gasteiger partial charge in [0.25, 0.3) is 0 Å². The van der Waals surface area contributed by atoms with E-state index in [0.29, 0.717) is 6.54 Å². The fraction of sp³-hybridized carbons (Fsp3) is 0.632. The number of hydrogen-bond acceptors (Lipinski definition) is 3. The second kappa shape index (κ2) is 7.03. The summed E-state index contributed by atoms with van der Waals surface area (Å²) in [6.07, 6.45) is 3.03. The lowest BCUT2D eigenvalue weighted by Gasteiger charge is -2.65. The molecule has 2 fully saturated rings. The van der Waals surface area contributed by atoms with E-state index in [2.05, 4.69) is 38.2 Å². The van der Waals surface area contributed by atoms with Crippen molar-refractivity contribution in [3.63, 3.8) is 0 Å². The Labute approximate surface area is 150 Å². The molecule has 1 aromatic rings. The fourth-order valence-corrected chi connectivity index (χ4v) is 4.43. The van der Waals surface area contributed by atoms with Gasteiger partial charge in [0.1, 0.15) is 5.54 Å². The minimum Gasteiger partial charge on any atom is -0.377 e. The van der Waals surface area contributed by atoms with Crippen molar-refractivity contribution >= 4 is 18.3 Å². The predicted molar refractivity (Wildman–Crippen MR) is 98.1 cm³/mol. The van der Waals surface area contributed by atoms with Crippen molar-refractivity contribution < 1.29 is 9.53 Å². The van der Waals surface area contributed by atoms with Crippen molar-refractivity contribution in [1.29, 1.82) is 0 Å². The second-order valence-electron chi connectivity index (χ2n) is 7.44. The highest BCUT2D eigenvalue weighted by Crippen LogP contribution is 2.57. The summed E-state index contributed by atoms with van der Waals surface area (Å²) in [7, 11) is 0. The molecule has 3 rings (SSSR count). The van der Waals surface area contributed by atoms with Crippen molar-refractivity contribution in [2.24, 2.45) is 17.1 Å². The van der Waals surface area contributed by atoms with Crippen LogP contribution in [0.1, 0.15) is 44.7 Å². The first kappa shape index (κ1) is 19.2. The molecule has 1 aromatic carbocycles. The molecule has 0 bridgehead atoms. The summed E-state index contributed by atoms with van der Waals surface area (Å²) in [5, 5.41) is 3.09. The number of nitrogens with one attached hydrogen (secondary N) is 1. The molecule has 3 N–H and O–H groups in total. The van der Waals surface area contributed by atoms with E-state index >= 15 is 0 Å². The van der Waals surface area contributed by atoms with Gasteiger partial charge in [0.2, 0.25) is 5.91 Å². The Balaban J connectivity index is 0.00000208. The molecule has 24 heavy (non-hydrogen) atoms. The maximum atomic E-state index is 12.9. The smallest absolute Gasteiger partial charge is 0.241 e. The Morgan fingerprint density at radius 3 is 2.67 bits per heavy atom. The van der Waals surface area contributed by atoms with Crippen molar-refractivity contribution in [2.75, 3.05) is 6.61 Å². The van der Waals surface area contributed by atoms with Gasteiger partial charge in [-0.25, -0.2) is 0 Å². The maximum Gasteiger partial charge on any atom is 0.241 e. The third-order valence-electron chi connectivity index (χ3n) is 6.00. The summed E-state index contributed by atoms with van der Waals surface area (Å²) in [4.78, 5) is 12.9. The first-order valence-electron chi connectivity index (χ1n) is 8.68. The predicted octanol–water partition coefficient (Wildman–Crippen LogP) is 2.82. The standard InChI is InChI=1S/C19H28N2O2.ClH/c1-4-13-8-5-6-9-14(13)12-21-17(22)19(20)15-10-7-11-23-16(15)18(19,2)3;/h5-6,8-9,15-16H,4,7,10-12,20H2,1-3H3,(H,21,22);1H. The number of fused-ring (bicyclic) bond motifs is 1. The van der Waals surface area contributed by atoms with Gasteiger partial charge < -0.3 is 15.8 Å². The average Bonchev–Trinajstić information content (AvgIpc) is 2.59. The molecule has 134 valence electrons. The Morgan fingerprint density at radius 2 is 2.00 bits per heavy atom. The van der Waals surface area contributed by atoms with Crippen LogP contribution in [-0.2, 0) is 22.5 Å². The van der Waals surface area contributed by atoms with Gasteiger partial charge in [0.15, 0.2) is 0 Å². The second-order valence-corrected chi connectivity index (χ2v) is 7.44. The molecule has 1 aliphatic carbocycles. The summed E-state index contributed by atoms with van der Waals surface area (Å²) in [5.41, 5.74) is 7.90. The van der Waals surface area contributed by atoms with Gasteiger partial charge in [-0.1, -0.05) is 45.0 Å². The molecule has 0 spiro atoms. The highest BCUT2D eigenvalue weighted by Gasteiger charge is 2.70. The zero-order valence-corrected chi connectivity index (χ0v) is 15.6. The van der Waals surface area contributed by atoms with Gasteiger partial charge in [-0.3, -0.25) is 4.79 Å². The molecule has 3 atom stereocenters. The number of halogens is 1. The maximum absolute atomic E-state index is 12.9. The molecule has 2 aliphatic rings. The quantitative estimate of drug-likeness (QED) is 0.875. The third-order valence-corrected chi connectivity index (χ3v) is 6.00. The van der Waals surface area contributed by atoms with E-state index in [-0.39, 0.29) is 35.8 Å². The van der Waals surface area contributed by atoms with Crippen LogP contribution in [0.2, 0.25) is 0 Å². The lowest BCUT2D eigenvalue weighted by molar-refractivity contribution is -0.225. The van der Waals surface area contributed by atoms with Crippen LogP contribution < -0.4 is 11.1 Å². The zero-order valence-electron chi connectivity index (χ0n) is 14.8. The third kappa shape index (κ3) is 2.75. The lowest BCUT2D eigenvalue weighted by Crippen LogP contribution is -2.82.